The second kappa shape index (κ2) is 5.74. The molecule has 0 amide bonds. The molecular weight excluding hydrogens is 365 g/mol. The van der Waals surface area contributed by atoms with Gasteiger partial charge in [0.05, 0.1) is 16.7 Å². The molecule has 3 N–H and O–H groups in total. The molecule has 0 radical (unpaired) electrons. The molecule has 0 unspecified atom stereocenters. The molecule has 0 spiro atoms. The van der Waals surface area contributed by atoms with E-state index < -0.39 is 20.7 Å². The molecule has 1 aromatic carbocycles. The third-order valence-electron chi connectivity index (χ3n) is 2.79. The zero-order valence-corrected chi connectivity index (χ0v) is 13.7. The first kappa shape index (κ1) is 15.9. The van der Waals surface area contributed by atoms with Crippen LogP contribution in [0.3, 0.4) is 0 Å². The molecule has 2 aromatic rings. The average molecular weight is 378 g/mol. The quantitative estimate of drug-likeness (QED) is 0.796. The lowest BCUT2D eigenvalue weighted by Gasteiger charge is -2.08. The van der Waals surface area contributed by atoms with E-state index in [2.05, 4.69) is 25.6 Å². The van der Waals surface area contributed by atoms with Gasteiger partial charge in [0.25, 0.3) is 0 Å². The van der Waals surface area contributed by atoms with Gasteiger partial charge in [-0.3, -0.25) is 0 Å². The zero-order valence-electron chi connectivity index (χ0n) is 11.3. The van der Waals surface area contributed by atoms with Gasteiger partial charge in [-0.1, -0.05) is 0 Å². The number of nitrogens with zero attached hydrogens (tertiary/aromatic N) is 1. The summed E-state index contributed by atoms with van der Waals surface area (Å²) in [5.74, 6) is -0.101. The number of hydrogen-bond donors (Lipinski definition) is 2. The Labute approximate surface area is 129 Å². The normalized spacial score (nSPS) is 11.8. The van der Waals surface area contributed by atoms with Crippen molar-refractivity contribution in [3.8, 4) is 0 Å². The second-order valence-corrected chi connectivity index (χ2v) is 6.98. The molecule has 0 aliphatic carbocycles. The minimum atomic E-state index is -4.07. The number of nitrogen functional groups attached to an aromatic ring is 1. The Morgan fingerprint density at radius 3 is 2.67 bits per heavy atom. The smallest absolute Gasteiger partial charge is 0.244 e. The maximum Gasteiger partial charge on any atom is 0.244 e. The van der Waals surface area contributed by atoms with Crippen LogP contribution in [0.15, 0.2) is 25.9 Å². The molecule has 0 fully saturated rings. The van der Waals surface area contributed by atoms with E-state index in [9.17, 15) is 12.8 Å². The number of sulfonamides is 1. The molecule has 9 heteroatoms. The van der Waals surface area contributed by atoms with Crippen molar-refractivity contribution in [1.29, 1.82) is 0 Å². The molecule has 6 nitrogen and oxygen atoms in total. The lowest BCUT2D eigenvalue weighted by atomic mass is 10.3. The Hall–Kier alpha value is -1.45. The lowest BCUT2D eigenvalue weighted by Crippen LogP contribution is -2.24. The molecule has 0 bridgehead atoms. The van der Waals surface area contributed by atoms with Gasteiger partial charge in [0.15, 0.2) is 5.82 Å². The molecule has 0 aliphatic heterocycles. The SMILES string of the molecule is Cc1nc(CNS(=O)(=O)c2cc(N)cc(Br)c2F)oc1C. The third kappa shape index (κ3) is 3.42. The molecule has 21 heavy (non-hydrogen) atoms. The summed E-state index contributed by atoms with van der Waals surface area (Å²) in [5, 5.41) is 0. The standard InChI is InChI=1S/C12H13BrFN3O3S/c1-6-7(2)20-11(17-6)5-16-21(18,19)10-4-8(15)3-9(13)12(10)14/h3-4,16H,5,15H2,1-2H3. The van der Waals surface area contributed by atoms with Gasteiger partial charge in [-0.25, -0.2) is 22.5 Å². The first-order valence-electron chi connectivity index (χ1n) is 5.88. The van der Waals surface area contributed by atoms with Gasteiger partial charge in [0, 0.05) is 5.69 Å². The Bertz CT molecular complexity index is 770. The summed E-state index contributed by atoms with van der Waals surface area (Å²) in [7, 11) is -4.07. The van der Waals surface area contributed by atoms with Crippen molar-refractivity contribution in [3.63, 3.8) is 0 Å². The Morgan fingerprint density at radius 2 is 2.10 bits per heavy atom. The molecule has 2 rings (SSSR count). The predicted molar refractivity (Wildman–Crippen MR) is 78.5 cm³/mol. The van der Waals surface area contributed by atoms with Crippen LogP contribution in [0.5, 0.6) is 0 Å². The van der Waals surface area contributed by atoms with Crippen LogP contribution >= 0.6 is 15.9 Å². The van der Waals surface area contributed by atoms with Gasteiger partial charge < -0.3 is 10.2 Å². The van der Waals surface area contributed by atoms with E-state index in [1.165, 1.54) is 6.07 Å². The number of rotatable bonds is 4. The number of nitrogens with two attached hydrogens (primary N) is 1. The van der Waals surface area contributed by atoms with E-state index in [0.29, 0.717) is 11.5 Å². The first-order chi connectivity index (χ1) is 9.70. The highest BCUT2D eigenvalue weighted by Gasteiger charge is 2.22. The van der Waals surface area contributed by atoms with E-state index >= 15 is 0 Å². The number of halogens is 2. The van der Waals surface area contributed by atoms with Crippen LogP contribution < -0.4 is 10.5 Å². The maximum absolute atomic E-state index is 13.9. The van der Waals surface area contributed by atoms with E-state index in [4.69, 9.17) is 10.2 Å². The van der Waals surface area contributed by atoms with Crippen LogP contribution in [-0.2, 0) is 16.6 Å². The van der Waals surface area contributed by atoms with Crippen molar-refractivity contribution in [1.82, 2.24) is 9.71 Å². The summed E-state index contributed by atoms with van der Waals surface area (Å²) < 4.78 is 45.6. The maximum atomic E-state index is 13.9. The van der Waals surface area contributed by atoms with E-state index in [0.717, 1.165) is 6.07 Å². The topological polar surface area (TPSA) is 98.2 Å². The summed E-state index contributed by atoms with van der Waals surface area (Å²) >= 11 is 2.92. The van der Waals surface area contributed by atoms with Crippen LogP contribution in [0.1, 0.15) is 17.3 Å². The fraction of sp³-hybridized carbons (Fsp3) is 0.250. The summed E-state index contributed by atoms with van der Waals surface area (Å²) in [4.78, 5) is 3.51. The van der Waals surface area contributed by atoms with Crippen LogP contribution in [0.25, 0.3) is 0 Å². The monoisotopic (exact) mass is 377 g/mol. The minimum absolute atomic E-state index is 0.0225. The number of nitrogens with one attached hydrogen (secondary N) is 1. The van der Waals surface area contributed by atoms with Crippen molar-refractivity contribution in [2.45, 2.75) is 25.3 Å². The average Bonchev–Trinajstić information content (AvgIpc) is 2.71. The molecule has 114 valence electrons. The van der Waals surface area contributed by atoms with Crippen LogP contribution in [0.2, 0.25) is 0 Å². The lowest BCUT2D eigenvalue weighted by molar-refractivity contribution is 0.462. The highest BCUT2D eigenvalue weighted by atomic mass is 79.9. The molecule has 0 aliphatic rings. The zero-order chi connectivity index (χ0) is 15.8. The van der Waals surface area contributed by atoms with Gasteiger partial charge in [-0.05, 0) is 41.9 Å². The van der Waals surface area contributed by atoms with Crippen LogP contribution in [-0.4, -0.2) is 13.4 Å². The van der Waals surface area contributed by atoms with Crippen molar-refractivity contribution < 1.29 is 17.2 Å². The molecule has 0 atom stereocenters. The van der Waals surface area contributed by atoms with Crippen molar-refractivity contribution in [2.75, 3.05) is 5.73 Å². The van der Waals surface area contributed by atoms with Crippen molar-refractivity contribution in [2.24, 2.45) is 0 Å². The first-order valence-corrected chi connectivity index (χ1v) is 8.15. The van der Waals surface area contributed by atoms with Gasteiger partial charge in [0.2, 0.25) is 15.9 Å². The summed E-state index contributed by atoms with van der Waals surface area (Å²) in [6.45, 7) is 3.28. The fourth-order valence-electron chi connectivity index (χ4n) is 1.63. The molecule has 0 saturated heterocycles. The van der Waals surface area contributed by atoms with E-state index in [1.54, 1.807) is 13.8 Å². The largest absolute Gasteiger partial charge is 0.444 e. The molecule has 1 aromatic heterocycles. The van der Waals surface area contributed by atoms with Gasteiger partial charge in [0.1, 0.15) is 10.7 Å². The van der Waals surface area contributed by atoms with E-state index in [1.807, 2.05) is 0 Å². The molecule has 1 heterocycles. The minimum Gasteiger partial charge on any atom is -0.444 e. The third-order valence-corrected chi connectivity index (χ3v) is 4.77. The number of anilines is 1. The number of aromatic nitrogens is 1. The van der Waals surface area contributed by atoms with Crippen molar-refractivity contribution in [3.05, 3.63) is 39.8 Å². The summed E-state index contributed by atoms with van der Waals surface area (Å²) in [6.07, 6.45) is 0. The van der Waals surface area contributed by atoms with Gasteiger partial charge in [-0.2, -0.15) is 0 Å². The highest BCUT2D eigenvalue weighted by molar-refractivity contribution is 9.10. The Kier molecular flexibility index (Phi) is 4.35. The summed E-state index contributed by atoms with van der Waals surface area (Å²) in [6, 6.07) is 2.34. The van der Waals surface area contributed by atoms with Gasteiger partial charge >= 0.3 is 0 Å². The number of aryl methyl sites for hydroxylation is 2. The van der Waals surface area contributed by atoms with Crippen LogP contribution in [0.4, 0.5) is 10.1 Å². The highest BCUT2D eigenvalue weighted by Crippen LogP contribution is 2.26. The van der Waals surface area contributed by atoms with Crippen molar-refractivity contribution >= 4 is 31.6 Å². The second-order valence-electron chi connectivity index (χ2n) is 4.39. The van der Waals surface area contributed by atoms with Crippen LogP contribution in [0, 0.1) is 19.7 Å². The number of oxazole rings is 1. The summed E-state index contributed by atoms with van der Waals surface area (Å²) in [5.41, 5.74) is 6.34. The predicted octanol–water partition coefficient (Wildman–Crippen LogP) is 2.25. The number of hydrogen-bond acceptors (Lipinski definition) is 5. The number of benzene rings is 1. The molecular formula is C12H13BrFN3O3S. The Morgan fingerprint density at radius 1 is 1.43 bits per heavy atom. The molecule has 0 saturated carbocycles. The van der Waals surface area contributed by atoms with E-state index in [-0.39, 0.29) is 22.6 Å². The Balaban J connectivity index is 2.27. The van der Waals surface area contributed by atoms with Gasteiger partial charge in [-0.15, -0.1) is 0 Å². The fourth-order valence-corrected chi connectivity index (χ4v) is 3.34.